The molecule has 2 aromatic rings. The Morgan fingerprint density at radius 2 is 2.05 bits per heavy atom. The third-order valence-corrected chi connectivity index (χ3v) is 3.15. The van der Waals surface area contributed by atoms with Gasteiger partial charge >= 0.3 is 0 Å². The Kier molecular flexibility index (Phi) is 6.01. The van der Waals surface area contributed by atoms with Crippen molar-refractivity contribution in [2.75, 3.05) is 13.1 Å². The van der Waals surface area contributed by atoms with E-state index < -0.39 is 0 Å². The zero-order valence-corrected chi connectivity index (χ0v) is 13.6. The average molecular weight is 299 g/mol. The maximum atomic E-state index is 4.60. The first-order chi connectivity index (χ1) is 10.7. The maximum Gasteiger partial charge on any atom is 0.191 e. The molecule has 118 valence electrons. The molecule has 0 aliphatic rings. The molecule has 22 heavy (non-hydrogen) atoms. The van der Waals surface area contributed by atoms with E-state index in [1.807, 2.05) is 16.9 Å². The van der Waals surface area contributed by atoms with Gasteiger partial charge in [0.15, 0.2) is 5.96 Å². The van der Waals surface area contributed by atoms with Gasteiger partial charge in [-0.3, -0.25) is 4.99 Å². The van der Waals surface area contributed by atoms with Gasteiger partial charge in [-0.15, -0.1) is 0 Å². The second-order valence-electron chi connectivity index (χ2n) is 5.43. The molecule has 0 aliphatic carbocycles. The minimum absolute atomic E-state index is 0.381. The van der Waals surface area contributed by atoms with Crippen LogP contribution in [0, 0.1) is 0 Å². The summed E-state index contributed by atoms with van der Waals surface area (Å²) < 4.78 is 1.86. The SMILES string of the molecule is CCNC(=NCCc1ccc(-n2cccn2)cc1)NC(C)C. The van der Waals surface area contributed by atoms with E-state index in [0.717, 1.165) is 31.2 Å². The Bertz CT molecular complexity index is 570. The lowest BCUT2D eigenvalue weighted by Gasteiger charge is -2.13. The topological polar surface area (TPSA) is 54.2 Å². The van der Waals surface area contributed by atoms with Crippen molar-refractivity contribution in [1.29, 1.82) is 0 Å². The van der Waals surface area contributed by atoms with Crippen molar-refractivity contribution in [1.82, 2.24) is 20.4 Å². The second kappa shape index (κ2) is 8.22. The van der Waals surface area contributed by atoms with E-state index in [-0.39, 0.29) is 0 Å². The fraction of sp³-hybridized carbons (Fsp3) is 0.412. The van der Waals surface area contributed by atoms with Gasteiger partial charge in [0, 0.05) is 31.5 Å². The third kappa shape index (κ3) is 4.91. The number of hydrogen-bond donors (Lipinski definition) is 2. The lowest BCUT2D eigenvalue weighted by atomic mass is 10.1. The molecule has 0 saturated carbocycles. The third-order valence-electron chi connectivity index (χ3n) is 3.15. The Labute approximate surface area is 132 Å². The monoisotopic (exact) mass is 299 g/mol. The van der Waals surface area contributed by atoms with Gasteiger partial charge in [0.1, 0.15) is 0 Å². The number of rotatable bonds is 6. The van der Waals surface area contributed by atoms with Crippen LogP contribution in [0.4, 0.5) is 0 Å². The first-order valence-electron chi connectivity index (χ1n) is 7.83. The molecule has 0 aliphatic heterocycles. The second-order valence-corrected chi connectivity index (χ2v) is 5.43. The lowest BCUT2D eigenvalue weighted by molar-refractivity contribution is 0.700. The quantitative estimate of drug-likeness (QED) is 0.636. The van der Waals surface area contributed by atoms with Crippen molar-refractivity contribution in [3.8, 4) is 5.69 Å². The van der Waals surface area contributed by atoms with Crippen LogP contribution in [0.3, 0.4) is 0 Å². The zero-order chi connectivity index (χ0) is 15.8. The van der Waals surface area contributed by atoms with Gasteiger partial charge in [0.25, 0.3) is 0 Å². The van der Waals surface area contributed by atoms with Crippen molar-refractivity contribution in [2.45, 2.75) is 33.2 Å². The van der Waals surface area contributed by atoms with E-state index in [1.165, 1.54) is 5.56 Å². The van der Waals surface area contributed by atoms with E-state index >= 15 is 0 Å². The van der Waals surface area contributed by atoms with Crippen LogP contribution < -0.4 is 10.6 Å². The summed E-state index contributed by atoms with van der Waals surface area (Å²) in [6, 6.07) is 10.7. The summed E-state index contributed by atoms with van der Waals surface area (Å²) in [5.74, 6) is 0.880. The zero-order valence-electron chi connectivity index (χ0n) is 13.6. The number of hydrogen-bond acceptors (Lipinski definition) is 2. The van der Waals surface area contributed by atoms with Gasteiger partial charge in [-0.25, -0.2) is 4.68 Å². The molecule has 0 spiro atoms. The maximum absolute atomic E-state index is 4.60. The highest BCUT2D eigenvalue weighted by Gasteiger charge is 2.00. The Balaban J connectivity index is 1.90. The van der Waals surface area contributed by atoms with E-state index in [2.05, 4.69) is 65.8 Å². The van der Waals surface area contributed by atoms with Crippen molar-refractivity contribution in [3.63, 3.8) is 0 Å². The Morgan fingerprint density at radius 1 is 1.27 bits per heavy atom. The van der Waals surface area contributed by atoms with Crippen molar-refractivity contribution in [2.24, 2.45) is 4.99 Å². The van der Waals surface area contributed by atoms with Crippen LogP contribution in [-0.2, 0) is 6.42 Å². The molecule has 0 bridgehead atoms. The molecule has 0 atom stereocenters. The average Bonchev–Trinajstić information content (AvgIpc) is 3.02. The molecule has 5 nitrogen and oxygen atoms in total. The molecule has 0 radical (unpaired) electrons. The van der Waals surface area contributed by atoms with Crippen LogP contribution in [-0.4, -0.2) is 34.9 Å². The molecule has 0 fully saturated rings. The van der Waals surface area contributed by atoms with Crippen LogP contribution in [0.5, 0.6) is 0 Å². The molecule has 1 aromatic carbocycles. The fourth-order valence-corrected chi connectivity index (χ4v) is 2.13. The van der Waals surface area contributed by atoms with Crippen LogP contribution in [0.2, 0.25) is 0 Å². The van der Waals surface area contributed by atoms with Crippen LogP contribution in [0.1, 0.15) is 26.3 Å². The molecule has 0 unspecified atom stereocenters. The highest BCUT2D eigenvalue weighted by atomic mass is 15.3. The highest BCUT2D eigenvalue weighted by Crippen LogP contribution is 2.09. The number of aromatic nitrogens is 2. The molecular formula is C17H25N5. The van der Waals surface area contributed by atoms with E-state index in [9.17, 15) is 0 Å². The first-order valence-corrected chi connectivity index (χ1v) is 7.83. The molecule has 0 amide bonds. The van der Waals surface area contributed by atoms with Gasteiger partial charge in [-0.1, -0.05) is 12.1 Å². The van der Waals surface area contributed by atoms with Gasteiger partial charge in [-0.2, -0.15) is 5.10 Å². The van der Waals surface area contributed by atoms with E-state index in [0.29, 0.717) is 6.04 Å². The summed E-state index contributed by atoms with van der Waals surface area (Å²) >= 11 is 0. The number of aliphatic imine (C=N–C) groups is 1. The summed E-state index contributed by atoms with van der Waals surface area (Å²) in [5, 5.41) is 10.8. The molecule has 2 rings (SSSR count). The summed E-state index contributed by atoms with van der Waals surface area (Å²) in [5.41, 5.74) is 2.35. The Hall–Kier alpha value is -2.30. The minimum Gasteiger partial charge on any atom is -0.357 e. The molecule has 5 heteroatoms. The number of nitrogens with zero attached hydrogens (tertiary/aromatic N) is 3. The van der Waals surface area contributed by atoms with Crippen LogP contribution >= 0.6 is 0 Å². The summed E-state index contributed by atoms with van der Waals surface area (Å²) in [7, 11) is 0. The number of nitrogens with one attached hydrogen (secondary N) is 2. The smallest absolute Gasteiger partial charge is 0.191 e. The van der Waals surface area contributed by atoms with Gasteiger partial charge in [-0.05, 0) is 51.0 Å². The lowest BCUT2D eigenvalue weighted by Crippen LogP contribution is -2.41. The minimum atomic E-state index is 0.381. The molecule has 0 saturated heterocycles. The van der Waals surface area contributed by atoms with E-state index in [4.69, 9.17) is 0 Å². The molecular weight excluding hydrogens is 274 g/mol. The summed E-state index contributed by atoms with van der Waals surface area (Å²) in [6.45, 7) is 7.94. The Morgan fingerprint density at radius 3 is 2.64 bits per heavy atom. The standard InChI is InChI=1S/C17H25N5/c1-4-18-17(21-14(2)3)19-12-10-15-6-8-16(9-7-15)22-13-5-11-20-22/h5-9,11,13-14H,4,10,12H2,1-3H3,(H2,18,19,21). The van der Waals surface area contributed by atoms with Crippen molar-refractivity contribution < 1.29 is 0 Å². The number of benzene rings is 1. The predicted octanol–water partition coefficient (Wildman–Crippen LogP) is 2.38. The molecule has 1 heterocycles. The largest absolute Gasteiger partial charge is 0.357 e. The highest BCUT2D eigenvalue weighted by molar-refractivity contribution is 5.79. The van der Waals surface area contributed by atoms with Crippen LogP contribution in [0.15, 0.2) is 47.7 Å². The molecule has 2 N–H and O–H groups in total. The summed E-state index contributed by atoms with van der Waals surface area (Å²) in [6.07, 6.45) is 4.65. The summed E-state index contributed by atoms with van der Waals surface area (Å²) in [4.78, 5) is 4.60. The van der Waals surface area contributed by atoms with Crippen molar-refractivity contribution >= 4 is 5.96 Å². The first kappa shape index (κ1) is 16.1. The van der Waals surface area contributed by atoms with Crippen LogP contribution in [0.25, 0.3) is 5.69 Å². The number of guanidine groups is 1. The normalized spacial score (nSPS) is 11.7. The van der Waals surface area contributed by atoms with Gasteiger partial charge < -0.3 is 10.6 Å². The van der Waals surface area contributed by atoms with Gasteiger partial charge in [0.2, 0.25) is 0 Å². The predicted molar refractivity (Wildman–Crippen MR) is 91.5 cm³/mol. The van der Waals surface area contributed by atoms with Crippen molar-refractivity contribution in [3.05, 3.63) is 48.3 Å². The molecule has 1 aromatic heterocycles. The fourth-order valence-electron chi connectivity index (χ4n) is 2.13. The van der Waals surface area contributed by atoms with E-state index in [1.54, 1.807) is 6.20 Å². The van der Waals surface area contributed by atoms with Gasteiger partial charge in [0.05, 0.1) is 5.69 Å².